The van der Waals surface area contributed by atoms with Gasteiger partial charge in [-0.05, 0) is 38.3 Å². The zero-order chi connectivity index (χ0) is 22.1. The van der Waals surface area contributed by atoms with Crippen LogP contribution in [-0.4, -0.2) is 59.1 Å². The average Bonchev–Trinajstić information content (AvgIpc) is 2.91. The van der Waals surface area contributed by atoms with Gasteiger partial charge in [0.25, 0.3) is 11.8 Å². The second kappa shape index (κ2) is 8.58. The Morgan fingerprint density at radius 3 is 2.33 bits per heavy atom. The third kappa shape index (κ3) is 4.71. The van der Waals surface area contributed by atoms with Crippen LogP contribution >= 0.6 is 0 Å². The van der Waals surface area contributed by atoms with Crippen molar-refractivity contribution in [3.8, 4) is 0 Å². The molecule has 0 aliphatic carbocycles. The van der Waals surface area contributed by atoms with Gasteiger partial charge in [-0.1, -0.05) is 32.4 Å². The molecule has 0 radical (unpaired) electrons. The second-order valence-corrected chi connectivity index (χ2v) is 9.30. The van der Waals surface area contributed by atoms with E-state index in [0.717, 1.165) is 18.4 Å². The highest BCUT2D eigenvalue weighted by molar-refractivity contribution is 6.21. The van der Waals surface area contributed by atoms with Crippen molar-refractivity contribution in [1.82, 2.24) is 15.1 Å². The van der Waals surface area contributed by atoms with E-state index in [9.17, 15) is 19.2 Å². The lowest BCUT2D eigenvalue weighted by Crippen LogP contribution is -2.49. The number of hydrogen-bond donors (Lipinski definition) is 1. The first-order valence-electron chi connectivity index (χ1n) is 10.6. The Bertz CT molecular complexity index is 864. The molecule has 2 heterocycles. The van der Waals surface area contributed by atoms with E-state index in [2.05, 4.69) is 5.32 Å². The summed E-state index contributed by atoms with van der Waals surface area (Å²) < 4.78 is 0. The molecule has 0 aromatic heterocycles. The normalized spacial score (nSPS) is 17.3. The van der Waals surface area contributed by atoms with Crippen molar-refractivity contribution >= 4 is 23.6 Å². The van der Waals surface area contributed by atoms with Crippen LogP contribution < -0.4 is 5.32 Å². The number of hydrogen-bond acceptors (Lipinski definition) is 4. The number of nitrogens with zero attached hydrogens (tertiary/aromatic N) is 2. The number of piperidine rings is 1. The first kappa shape index (κ1) is 22.0. The van der Waals surface area contributed by atoms with Gasteiger partial charge in [-0.3, -0.25) is 24.1 Å². The maximum Gasteiger partial charge on any atom is 0.261 e. The Morgan fingerprint density at radius 2 is 1.70 bits per heavy atom. The molecule has 162 valence electrons. The van der Waals surface area contributed by atoms with Crippen molar-refractivity contribution in [2.75, 3.05) is 19.6 Å². The summed E-state index contributed by atoms with van der Waals surface area (Å²) in [7, 11) is 0. The lowest BCUT2D eigenvalue weighted by atomic mass is 9.93. The molecule has 1 N–H and O–H groups in total. The van der Waals surface area contributed by atoms with E-state index in [1.54, 1.807) is 12.1 Å². The predicted molar refractivity (Wildman–Crippen MR) is 113 cm³/mol. The number of benzene rings is 1. The van der Waals surface area contributed by atoms with E-state index >= 15 is 0 Å². The van der Waals surface area contributed by atoms with Crippen LogP contribution in [0.3, 0.4) is 0 Å². The zero-order valence-corrected chi connectivity index (χ0v) is 18.3. The Morgan fingerprint density at radius 1 is 1.07 bits per heavy atom. The minimum absolute atomic E-state index is 0.0591. The van der Waals surface area contributed by atoms with Crippen LogP contribution in [0, 0.1) is 12.3 Å². The highest BCUT2D eigenvalue weighted by atomic mass is 16.2. The van der Waals surface area contributed by atoms with Crippen LogP contribution in [-0.2, 0) is 9.59 Å². The molecule has 0 saturated carbocycles. The van der Waals surface area contributed by atoms with E-state index in [4.69, 9.17) is 0 Å². The molecule has 1 aromatic rings. The lowest BCUT2D eigenvalue weighted by molar-refractivity contribution is -0.140. The number of rotatable bonds is 5. The van der Waals surface area contributed by atoms with Crippen LogP contribution in [0.15, 0.2) is 18.2 Å². The molecule has 1 saturated heterocycles. The summed E-state index contributed by atoms with van der Waals surface area (Å²) in [5.74, 6) is -0.507. The molecular weight excluding hydrogens is 382 g/mol. The molecule has 7 nitrogen and oxygen atoms in total. The minimum Gasteiger partial charge on any atom is -0.353 e. The van der Waals surface area contributed by atoms with Crippen molar-refractivity contribution in [2.45, 2.75) is 59.4 Å². The molecule has 0 atom stereocenters. The summed E-state index contributed by atoms with van der Waals surface area (Å²) in [6.45, 7) is 9.16. The van der Waals surface area contributed by atoms with Crippen molar-refractivity contribution in [3.63, 3.8) is 0 Å². The topological polar surface area (TPSA) is 86.8 Å². The summed E-state index contributed by atoms with van der Waals surface area (Å²) in [5, 5.41) is 3.02. The smallest absolute Gasteiger partial charge is 0.261 e. The van der Waals surface area contributed by atoms with Gasteiger partial charge in [-0.15, -0.1) is 0 Å². The molecule has 7 heteroatoms. The summed E-state index contributed by atoms with van der Waals surface area (Å²) in [4.78, 5) is 52.7. The molecular formula is C23H31N3O4. The quantitative estimate of drug-likeness (QED) is 0.752. The van der Waals surface area contributed by atoms with Gasteiger partial charge < -0.3 is 10.2 Å². The average molecular weight is 414 g/mol. The Labute approximate surface area is 177 Å². The molecule has 1 aromatic carbocycles. The summed E-state index contributed by atoms with van der Waals surface area (Å²) >= 11 is 0. The second-order valence-electron chi connectivity index (χ2n) is 9.30. The van der Waals surface area contributed by atoms with Gasteiger partial charge in [0, 0.05) is 37.5 Å². The lowest BCUT2D eigenvalue weighted by Gasteiger charge is -2.36. The van der Waals surface area contributed by atoms with E-state index in [-0.39, 0.29) is 48.1 Å². The summed E-state index contributed by atoms with van der Waals surface area (Å²) in [5.41, 5.74) is 1.43. The first-order valence-corrected chi connectivity index (χ1v) is 10.6. The van der Waals surface area contributed by atoms with Gasteiger partial charge in [0.1, 0.15) is 0 Å². The van der Waals surface area contributed by atoms with Crippen molar-refractivity contribution in [1.29, 1.82) is 0 Å². The molecule has 30 heavy (non-hydrogen) atoms. The van der Waals surface area contributed by atoms with E-state index < -0.39 is 0 Å². The molecule has 0 bridgehead atoms. The molecule has 0 spiro atoms. The molecule has 2 aliphatic heterocycles. The number of likely N-dealkylation sites (tertiary alicyclic amines) is 1. The number of carbonyl (C=O) groups excluding carboxylic acids is 4. The van der Waals surface area contributed by atoms with Crippen molar-refractivity contribution in [2.24, 2.45) is 5.41 Å². The minimum atomic E-state index is -0.390. The van der Waals surface area contributed by atoms with Crippen LogP contribution in [0.5, 0.6) is 0 Å². The number of fused-ring (bicyclic) bond motifs is 1. The van der Waals surface area contributed by atoms with E-state index in [1.807, 2.05) is 38.7 Å². The van der Waals surface area contributed by atoms with Crippen LogP contribution in [0.1, 0.15) is 72.7 Å². The Balaban J connectivity index is 1.42. The number of amides is 4. The number of imide groups is 1. The fraction of sp³-hybridized carbons (Fsp3) is 0.565. The largest absolute Gasteiger partial charge is 0.353 e. The molecule has 0 unspecified atom stereocenters. The molecule has 3 rings (SSSR count). The van der Waals surface area contributed by atoms with Gasteiger partial charge in [-0.25, -0.2) is 0 Å². The van der Waals surface area contributed by atoms with Gasteiger partial charge in [0.05, 0.1) is 11.1 Å². The van der Waals surface area contributed by atoms with Crippen LogP contribution in [0.25, 0.3) is 0 Å². The maximum absolute atomic E-state index is 12.5. The van der Waals surface area contributed by atoms with Crippen molar-refractivity contribution < 1.29 is 19.2 Å². The van der Waals surface area contributed by atoms with Gasteiger partial charge in [0.2, 0.25) is 11.8 Å². The van der Waals surface area contributed by atoms with Gasteiger partial charge in [-0.2, -0.15) is 0 Å². The van der Waals surface area contributed by atoms with Gasteiger partial charge >= 0.3 is 0 Å². The van der Waals surface area contributed by atoms with E-state index in [0.29, 0.717) is 30.6 Å². The maximum atomic E-state index is 12.5. The third-order valence-electron chi connectivity index (χ3n) is 5.70. The standard InChI is InChI=1S/C23H31N3O4/c1-15-7-8-17-18(14-15)21(29)26(20(17)28)11-5-6-19(27)24-16-9-12-25(13-10-16)22(30)23(2,3)4/h7-8,14,16H,5-6,9-13H2,1-4H3,(H,24,27). The fourth-order valence-corrected chi connectivity index (χ4v) is 4.01. The monoisotopic (exact) mass is 413 g/mol. The first-order chi connectivity index (χ1) is 14.1. The number of aryl methyl sites for hydroxylation is 1. The van der Waals surface area contributed by atoms with Crippen LogP contribution in [0.4, 0.5) is 0 Å². The molecule has 2 aliphatic rings. The summed E-state index contributed by atoms with van der Waals surface area (Å²) in [6.07, 6.45) is 2.17. The SMILES string of the molecule is Cc1ccc2c(c1)C(=O)N(CCCC(=O)NC1CCN(C(=O)C(C)(C)C)CC1)C2=O. The highest BCUT2D eigenvalue weighted by Crippen LogP contribution is 2.24. The van der Waals surface area contributed by atoms with Crippen molar-refractivity contribution in [3.05, 3.63) is 34.9 Å². The van der Waals surface area contributed by atoms with E-state index in [1.165, 1.54) is 4.90 Å². The predicted octanol–water partition coefficient (Wildman–Crippen LogP) is 2.52. The fourth-order valence-electron chi connectivity index (χ4n) is 4.01. The third-order valence-corrected chi connectivity index (χ3v) is 5.70. The molecule has 4 amide bonds. The Hall–Kier alpha value is -2.70. The number of carbonyl (C=O) groups is 4. The zero-order valence-electron chi connectivity index (χ0n) is 18.3. The van der Waals surface area contributed by atoms with Gasteiger partial charge in [0.15, 0.2) is 0 Å². The molecule has 1 fully saturated rings. The number of nitrogens with one attached hydrogen (secondary N) is 1. The summed E-state index contributed by atoms with van der Waals surface area (Å²) in [6, 6.07) is 5.30. The Kier molecular flexibility index (Phi) is 6.29. The van der Waals surface area contributed by atoms with Crippen LogP contribution in [0.2, 0.25) is 0 Å². The highest BCUT2D eigenvalue weighted by Gasteiger charge is 2.35.